The summed E-state index contributed by atoms with van der Waals surface area (Å²) in [5.74, 6) is -0.369. The molecule has 3 N–H and O–H groups in total. The van der Waals surface area contributed by atoms with Crippen LogP contribution in [0.5, 0.6) is 0 Å². The topological polar surface area (TPSA) is 124 Å². The van der Waals surface area contributed by atoms with Gasteiger partial charge in [0.05, 0.1) is 0 Å². The minimum absolute atomic E-state index is 0.0967. The average Bonchev–Trinajstić information content (AvgIpc) is 2.15. The molecule has 0 aliphatic rings. The van der Waals surface area contributed by atoms with E-state index in [4.69, 9.17) is 8.75 Å². The molecule has 1 aromatic rings. The van der Waals surface area contributed by atoms with E-state index in [1.54, 1.807) is 0 Å². The zero-order valence-electron chi connectivity index (χ0n) is 8.28. The molecule has 16 heavy (non-hydrogen) atoms. The van der Waals surface area contributed by atoms with Crippen LogP contribution in [0.4, 0.5) is 5.69 Å². The zero-order valence-corrected chi connectivity index (χ0v) is 10.2. The van der Waals surface area contributed by atoms with E-state index in [1.807, 2.05) is 0 Å². The predicted octanol–water partition coefficient (Wildman–Crippen LogP) is -0.675. The van der Waals surface area contributed by atoms with Gasteiger partial charge in [0.25, 0.3) is 0 Å². The number of nitrogens with two attached hydrogens (primary N) is 1. The Morgan fingerprint density at radius 3 is 2.50 bits per heavy atom. The molecule has 0 heterocycles. The van der Waals surface area contributed by atoms with Crippen molar-refractivity contribution in [1.29, 1.82) is 0 Å². The van der Waals surface area contributed by atoms with Crippen LogP contribution in [-0.2, 0) is 3.74 Å². The summed E-state index contributed by atoms with van der Waals surface area (Å²) in [6.07, 6.45) is 0. The van der Waals surface area contributed by atoms with Gasteiger partial charge in [-0.15, -0.1) is 0 Å². The summed E-state index contributed by atoms with van der Waals surface area (Å²) >= 11 is -4.84. The van der Waals surface area contributed by atoms with E-state index in [1.165, 1.54) is 13.0 Å². The van der Waals surface area contributed by atoms with Gasteiger partial charge in [0, 0.05) is 0 Å². The second-order valence-electron chi connectivity index (χ2n) is 3.14. The number of nitro benzene ring substituents is 1. The number of benzene rings is 1. The molecule has 0 saturated heterocycles. The molecular formula is C8H9AsN2O5. The van der Waals surface area contributed by atoms with Gasteiger partial charge in [-0.25, -0.2) is 0 Å². The maximum absolute atomic E-state index is 11.2. The van der Waals surface area contributed by atoms with Gasteiger partial charge in [0.1, 0.15) is 0 Å². The van der Waals surface area contributed by atoms with E-state index in [2.05, 4.69) is 0 Å². The van der Waals surface area contributed by atoms with E-state index < -0.39 is 29.0 Å². The Balaban J connectivity index is 3.49. The molecule has 86 valence electrons. The number of hydrogen-bond donors (Lipinski definition) is 2. The van der Waals surface area contributed by atoms with Crippen LogP contribution in [0.3, 0.4) is 0 Å². The number of carbonyl (C=O) groups excluding carboxylic acids is 1. The monoisotopic (exact) mass is 288 g/mol. The van der Waals surface area contributed by atoms with E-state index in [9.17, 15) is 18.6 Å². The first-order valence-corrected chi connectivity index (χ1v) is 7.77. The standard InChI is InChI=1S/C8H9AsN2O5/c1-5(12)6-2-3-7(9(10,13)14)8(4-6)11(15)16/h2-4H,1H3,(H3,10,13,14). The normalized spacial score (nSPS) is 14.2. The van der Waals surface area contributed by atoms with E-state index >= 15 is 0 Å². The average molecular weight is 288 g/mol. The van der Waals surface area contributed by atoms with Gasteiger partial charge >= 0.3 is 92.9 Å². The maximum atomic E-state index is 11.2. The molecule has 7 nitrogen and oxygen atoms in total. The summed E-state index contributed by atoms with van der Waals surface area (Å²) in [6.45, 7) is 1.24. The SMILES string of the molecule is CC(=O)c1ccc([As](N)(=O)O)c([N+](=O)[O-])c1. The molecule has 1 atom stereocenters. The number of Topliss-reactive ketones (excluding diaryl/α,β-unsaturated/α-hetero) is 1. The van der Waals surface area contributed by atoms with Gasteiger partial charge < -0.3 is 0 Å². The van der Waals surface area contributed by atoms with Crippen LogP contribution >= 0.6 is 0 Å². The summed E-state index contributed by atoms with van der Waals surface area (Å²) in [5.41, 5.74) is -0.500. The molecule has 0 fully saturated rings. The third-order valence-corrected chi connectivity index (χ3v) is 4.17. The van der Waals surface area contributed by atoms with Gasteiger partial charge in [0.2, 0.25) is 0 Å². The Morgan fingerprint density at radius 2 is 2.12 bits per heavy atom. The molecule has 1 unspecified atom stereocenters. The third kappa shape index (κ3) is 2.57. The quantitative estimate of drug-likeness (QED) is 0.329. The first-order chi connectivity index (χ1) is 7.23. The number of nitro groups is 1. The second kappa shape index (κ2) is 4.21. The van der Waals surface area contributed by atoms with Crippen LogP contribution in [0.25, 0.3) is 0 Å². The van der Waals surface area contributed by atoms with Crippen LogP contribution in [0, 0.1) is 10.1 Å². The fraction of sp³-hybridized carbons (Fsp3) is 0.125. The summed E-state index contributed by atoms with van der Waals surface area (Å²) < 4.78 is 25.0. The van der Waals surface area contributed by atoms with Gasteiger partial charge in [-0.2, -0.15) is 0 Å². The molecule has 0 aliphatic carbocycles. The first kappa shape index (κ1) is 12.6. The Morgan fingerprint density at radius 1 is 1.56 bits per heavy atom. The van der Waals surface area contributed by atoms with Crippen molar-refractivity contribution in [2.24, 2.45) is 4.65 Å². The van der Waals surface area contributed by atoms with E-state index in [0.29, 0.717) is 0 Å². The molecule has 0 aliphatic heterocycles. The molecule has 0 spiro atoms. The number of rotatable bonds is 3. The Hall–Kier alpha value is -1.43. The summed E-state index contributed by atoms with van der Waals surface area (Å²) in [6, 6.07) is 3.24. The molecule has 8 heteroatoms. The molecule has 0 aromatic heterocycles. The van der Waals surface area contributed by atoms with Crippen LogP contribution in [0.2, 0.25) is 0 Å². The van der Waals surface area contributed by atoms with Crippen molar-refractivity contribution in [2.45, 2.75) is 6.92 Å². The van der Waals surface area contributed by atoms with Crippen LogP contribution in [0.1, 0.15) is 17.3 Å². The third-order valence-electron chi connectivity index (χ3n) is 1.92. The fourth-order valence-electron chi connectivity index (χ4n) is 1.16. The molecule has 1 aromatic carbocycles. The number of hydrogen-bond acceptors (Lipinski definition) is 4. The van der Waals surface area contributed by atoms with Gasteiger partial charge in [-0.3, -0.25) is 0 Å². The molecule has 0 saturated carbocycles. The minimum atomic E-state index is -4.84. The Labute approximate surface area is 93.3 Å². The molecule has 0 amide bonds. The van der Waals surface area contributed by atoms with Crippen molar-refractivity contribution in [3.63, 3.8) is 0 Å². The van der Waals surface area contributed by atoms with Crippen molar-refractivity contribution in [1.82, 2.24) is 0 Å². The number of carbonyl (C=O) groups is 1. The fourth-order valence-corrected chi connectivity index (χ4v) is 2.76. The van der Waals surface area contributed by atoms with Gasteiger partial charge in [-0.05, 0) is 0 Å². The van der Waals surface area contributed by atoms with E-state index in [0.717, 1.165) is 12.1 Å². The van der Waals surface area contributed by atoms with Crippen LogP contribution < -0.4 is 9.00 Å². The van der Waals surface area contributed by atoms with Crippen molar-refractivity contribution in [3.05, 3.63) is 33.9 Å². The summed E-state index contributed by atoms with van der Waals surface area (Å²) in [5, 5.41) is 10.7. The van der Waals surface area contributed by atoms with E-state index in [-0.39, 0.29) is 11.3 Å². The Bertz CT molecular complexity index is 507. The van der Waals surface area contributed by atoms with Gasteiger partial charge in [-0.1, -0.05) is 0 Å². The molecular weight excluding hydrogens is 279 g/mol. The van der Waals surface area contributed by atoms with Crippen molar-refractivity contribution < 1.29 is 17.6 Å². The first-order valence-electron chi connectivity index (χ1n) is 4.15. The van der Waals surface area contributed by atoms with Crippen LogP contribution in [0.15, 0.2) is 18.2 Å². The predicted molar refractivity (Wildman–Crippen MR) is 55.6 cm³/mol. The van der Waals surface area contributed by atoms with Crippen molar-refractivity contribution in [2.75, 3.05) is 0 Å². The van der Waals surface area contributed by atoms with Crippen molar-refractivity contribution >= 4 is 29.9 Å². The second-order valence-corrected chi connectivity index (χ2v) is 6.76. The number of ketones is 1. The number of nitrogens with zero attached hydrogens (tertiary/aromatic N) is 1. The Kier molecular flexibility index (Phi) is 3.32. The van der Waals surface area contributed by atoms with Crippen molar-refractivity contribution in [3.8, 4) is 0 Å². The molecule has 0 radical (unpaired) electrons. The van der Waals surface area contributed by atoms with Gasteiger partial charge in [0.15, 0.2) is 0 Å². The molecule has 0 bridgehead atoms. The zero-order chi connectivity index (χ0) is 12.5. The summed E-state index contributed by atoms with van der Waals surface area (Å²) in [4.78, 5) is 20.8. The molecule has 1 rings (SSSR count). The summed E-state index contributed by atoms with van der Waals surface area (Å²) in [7, 11) is 0. The van der Waals surface area contributed by atoms with Crippen LogP contribution in [-0.4, -0.2) is 28.9 Å².